The van der Waals surface area contributed by atoms with Crippen LogP contribution in [0.2, 0.25) is 0 Å². The van der Waals surface area contributed by atoms with E-state index < -0.39 is 0 Å². The Morgan fingerprint density at radius 2 is 2.11 bits per heavy atom. The van der Waals surface area contributed by atoms with Gasteiger partial charge in [-0.15, -0.1) is 5.10 Å². The van der Waals surface area contributed by atoms with Crippen LogP contribution in [-0.2, 0) is 13.0 Å². The number of benzene rings is 1. The van der Waals surface area contributed by atoms with Crippen molar-refractivity contribution in [1.82, 2.24) is 20.3 Å². The van der Waals surface area contributed by atoms with Crippen LogP contribution in [0.25, 0.3) is 0 Å². The maximum absolute atomic E-state index is 5.15. The van der Waals surface area contributed by atoms with Gasteiger partial charge in [-0.25, -0.2) is 0 Å². The van der Waals surface area contributed by atoms with Gasteiger partial charge >= 0.3 is 0 Å². The van der Waals surface area contributed by atoms with Crippen LogP contribution in [0, 0.1) is 0 Å². The summed E-state index contributed by atoms with van der Waals surface area (Å²) >= 11 is 0. The summed E-state index contributed by atoms with van der Waals surface area (Å²) in [5.41, 5.74) is 1.31. The lowest BCUT2D eigenvalue weighted by atomic mass is 10.1. The zero-order valence-corrected chi connectivity index (χ0v) is 11.4. The van der Waals surface area contributed by atoms with Gasteiger partial charge in [-0.3, -0.25) is 4.68 Å². The number of methoxy groups -OCH3 is 1. The molecule has 0 amide bonds. The average Bonchev–Trinajstić information content (AvgIpc) is 2.93. The number of hydrogen-bond acceptors (Lipinski definition) is 4. The van der Waals surface area contributed by atoms with Gasteiger partial charge in [0, 0.05) is 18.8 Å². The predicted molar refractivity (Wildman–Crippen MR) is 74.2 cm³/mol. The number of nitrogens with one attached hydrogen (secondary N) is 1. The SMILES string of the molecule is COc1ccc(CC(C)NCCn2ccnn2)cc1. The lowest BCUT2D eigenvalue weighted by Gasteiger charge is -2.14. The monoisotopic (exact) mass is 260 g/mol. The number of nitrogens with zero attached hydrogens (tertiary/aromatic N) is 3. The summed E-state index contributed by atoms with van der Waals surface area (Å²) in [6.45, 7) is 3.92. The smallest absolute Gasteiger partial charge is 0.118 e. The molecule has 1 atom stereocenters. The van der Waals surface area contributed by atoms with Gasteiger partial charge in [0.05, 0.1) is 19.9 Å². The third-order valence-electron chi connectivity index (χ3n) is 3.01. The molecule has 0 aliphatic rings. The van der Waals surface area contributed by atoms with Gasteiger partial charge in [0.25, 0.3) is 0 Å². The molecule has 0 bridgehead atoms. The Morgan fingerprint density at radius 1 is 1.32 bits per heavy atom. The molecule has 0 aliphatic heterocycles. The fourth-order valence-corrected chi connectivity index (χ4v) is 1.96. The molecule has 5 heteroatoms. The second kappa shape index (κ2) is 6.89. The van der Waals surface area contributed by atoms with Gasteiger partial charge < -0.3 is 10.1 Å². The van der Waals surface area contributed by atoms with Gasteiger partial charge in [0.2, 0.25) is 0 Å². The minimum Gasteiger partial charge on any atom is -0.497 e. The van der Waals surface area contributed by atoms with Crippen molar-refractivity contribution in [2.45, 2.75) is 25.9 Å². The van der Waals surface area contributed by atoms with Crippen LogP contribution < -0.4 is 10.1 Å². The van der Waals surface area contributed by atoms with E-state index in [9.17, 15) is 0 Å². The fraction of sp³-hybridized carbons (Fsp3) is 0.429. The summed E-state index contributed by atoms with van der Waals surface area (Å²) < 4.78 is 6.98. The van der Waals surface area contributed by atoms with Gasteiger partial charge in [-0.1, -0.05) is 17.3 Å². The second-order valence-corrected chi connectivity index (χ2v) is 4.57. The highest BCUT2D eigenvalue weighted by Gasteiger charge is 2.03. The molecule has 2 aromatic rings. The molecule has 0 fully saturated rings. The molecular formula is C14H20N4O. The molecule has 0 spiro atoms. The minimum atomic E-state index is 0.428. The fourth-order valence-electron chi connectivity index (χ4n) is 1.96. The molecule has 1 aromatic carbocycles. The first-order valence-corrected chi connectivity index (χ1v) is 6.48. The summed E-state index contributed by atoms with van der Waals surface area (Å²) in [5.74, 6) is 0.899. The molecule has 2 rings (SSSR count). The molecule has 5 nitrogen and oxygen atoms in total. The van der Waals surface area contributed by atoms with E-state index in [1.807, 2.05) is 23.0 Å². The summed E-state index contributed by atoms with van der Waals surface area (Å²) in [4.78, 5) is 0. The van der Waals surface area contributed by atoms with Crippen molar-refractivity contribution in [2.75, 3.05) is 13.7 Å². The van der Waals surface area contributed by atoms with E-state index >= 15 is 0 Å². The standard InChI is InChI=1S/C14H20N4O/c1-12(15-7-9-18-10-8-16-17-18)11-13-3-5-14(19-2)6-4-13/h3-6,8,10,12,15H,7,9,11H2,1-2H3. The summed E-state index contributed by atoms with van der Waals surface area (Å²) in [6.07, 6.45) is 4.57. The molecule has 1 heterocycles. The van der Waals surface area contributed by atoms with E-state index in [4.69, 9.17) is 4.74 Å². The van der Waals surface area contributed by atoms with Crippen LogP contribution >= 0.6 is 0 Å². The van der Waals surface area contributed by atoms with Gasteiger partial charge in [-0.05, 0) is 31.0 Å². The summed E-state index contributed by atoms with van der Waals surface area (Å²) in [6, 6.07) is 8.63. The van der Waals surface area contributed by atoms with E-state index in [2.05, 4.69) is 34.7 Å². The molecule has 1 unspecified atom stereocenters. The van der Waals surface area contributed by atoms with Crippen molar-refractivity contribution in [3.05, 3.63) is 42.2 Å². The van der Waals surface area contributed by atoms with E-state index in [1.54, 1.807) is 13.3 Å². The predicted octanol–water partition coefficient (Wildman–Crippen LogP) is 1.51. The first-order chi connectivity index (χ1) is 9.28. The molecule has 0 saturated carbocycles. The number of ether oxygens (including phenoxy) is 1. The number of aromatic nitrogens is 3. The van der Waals surface area contributed by atoms with Crippen LogP contribution in [0.15, 0.2) is 36.7 Å². The average molecular weight is 260 g/mol. The molecular weight excluding hydrogens is 240 g/mol. The van der Waals surface area contributed by atoms with Crippen molar-refractivity contribution < 1.29 is 4.74 Å². The van der Waals surface area contributed by atoms with Crippen LogP contribution in [0.4, 0.5) is 0 Å². The van der Waals surface area contributed by atoms with E-state index in [0.29, 0.717) is 6.04 Å². The maximum Gasteiger partial charge on any atom is 0.118 e. The Labute approximate surface area is 113 Å². The number of rotatable bonds is 7. The third-order valence-corrected chi connectivity index (χ3v) is 3.01. The molecule has 0 radical (unpaired) electrons. The Balaban J connectivity index is 1.72. The van der Waals surface area contributed by atoms with Crippen LogP contribution in [0.3, 0.4) is 0 Å². The van der Waals surface area contributed by atoms with Gasteiger partial charge in [0.15, 0.2) is 0 Å². The highest BCUT2D eigenvalue weighted by molar-refractivity contribution is 5.27. The van der Waals surface area contributed by atoms with Crippen molar-refractivity contribution in [2.24, 2.45) is 0 Å². The van der Waals surface area contributed by atoms with E-state index in [1.165, 1.54) is 5.56 Å². The van der Waals surface area contributed by atoms with Crippen LogP contribution in [-0.4, -0.2) is 34.7 Å². The second-order valence-electron chi connectivity index (χ2n) is 4.57. The lowest BCUT2D eigenvalue weighted by Crippen LogP contribution is -2.31. The largest absolute Gasteiger partial charge is 0.497 e. The van der Waals surface area contributed by atoms with E-state index in [-0.39, 0.29) is 0 Å². The topological polar surface area (TPSA) is 52.0 Å². The quantitative estimate of drug-likeness (QED) is 0.820. The molecule has 19 heavy (non-hydrogen) atoms. The molecule has 1 N–H and O–H groups in total. The van der Waals surface area contributed by atoms with Gasteiger partial charge in [-0.2, -0.15) is 0 Å². The Bertz CT molecular complexity index is 467. The van der Waals surface area contributed by atoms with Gasteiger partial charge in [0.1, 0.15) is 5.75 Å². The highest BCUT2D eigenvalue weighted by Crippen LogP contribution is 2.12. The zero-order chi connectivity index (χ0) is 13.5. The van der Waals surface area contributed by atoms with Crippen molar-refractivity contribution >= 4 is 0 Å². The Hall–Kier alpha value is -1.88. The Kier molecular flexibility index (Phi) is 4.92. The van der Waals surface area contributed by atoms with Crippen LogP contribution in [0.5, 0.6) is 5.75 Å². The van der Waals surface area contributed by atoms with E-state index in [0.717, 1.165) is 25.3 Å². The lowest BCUT2D eigenvalue weighted by molar-refractivity contribution is 0.414. The molecule has 1 aromatic heterocycles. The highest BCUT2D eigenvalue weighted by atomic mass is 16.5. The first-order valence-electron chi connectivity index (χ1n) is 6.48. The van der Waals surface area contributed by atoms with Crippen molar-refractivity contribution in [1.29, 1.82) is 0 Å². The Morgan fingerprint density at radius 3 is 2.74 bits per heavy atom. The third kappa shape index (κ3) is 4.37. The number of hydrogen-bond donors (Lipinski definition) is 1. The van der Waals surface area contributed by atoms with Crippen molar-refractivity contribution in [3.63, 3.8) is 0 Å². The summed E-state index contributed by atoms with van der Waals surface area (Å²) in [5, 5.41) is 11.2. The molecule has 102 valence electrons. The minimum absolute atomic E-state index is 0.428. The first kappa shape index (κ1) is 13.5. The molecule has 0 aliphatic carbocycles. The van der Waals surface area contributed by atoms with Crippen molar-refractivity contribution in [3.8, 4) is 5.75 Å². The maximum atomic E-state index is 5.15. The zero-order valence-electron chi connectivity index (χ0n) is 11.4. The normalized spacial score (nSPS) is 12.3. The summed E-state index contributed by atoms with van der Waals surface area (Å²) in [7, 11) is 1.68. The molecule has 0 saturated heterocycles. The van der Waals surface area contributed by atoms with Crippen LogP contribution in [0.1, 0.15) is 12.5 Å².